The van der Waals surface area contributed by atoms with Gasteiger partial charge in [0.25, 0.3) is 5.91 Å². The zero-order chi connectivity index (χ0) is 31.8. The highest BCUT2D eigenvalue weighted by Crippen LogP contribution is 2.63. The Bertz CT molecular complexity index is 1370. The van der Waals surface area contributed by atoms with Gasteiger partial charge in [-0.2, -0.15) is 13.2 Å². The number of pyridine rings is 2. The molecular weight excluding hydrogens is 585 g/mol. The molecular formula is C33H43F3N6O3. The van der Waals surface area contributed by atoms with Crippen LogP contribution in [0.3, 0.4) is 0 Å². The monoisotopic (exact) mass is 628 g/mol. The smallest absolute Gasteiger partial charge is 0.394 e. The van der Waals surface area contributed by atoms with Crippen LogP contribution in [0.2, 0.25) is 0 Å². The van der Waals surface area contributed by atoms with E-state index in [1.165, 1.54) is 0 Å². The van der Waals surface area contributed by atoms with Gasteiger partial charge in [0.2, 0.25) is 5.91 Å². The molecule has 9 nitrogen and oxygen atoms in total. The van der Waals surface area contributed by atoms with Gasteiger partial charge in [0.05, 0.1) is 17.7 Å². The maximum Gasteiger partial charge on any atom is 0.394 e. The second kappa shape index (κ2) is 12.4. The van der Waals surface area contributed by atoms with Gasteiger partial charge in [-0.25, -0.2) is 4.98 Å². The number of hydrogen-bond acceptors (Lipinski definition) is 7. The first-order chi connectivity index (χ1) is 21.6. The first-order valence-electron chi connectivity index (χ1n) is 16.3. The lowest BCUT2D eigenvalue weighted by Crippen LogP contribution is -2.60. The van der Waals surface area contributed by atoms with E-state index in [1.807, 2.05) is 36.9 Å². The van der Waals surface area contributed by atoms with Crippen LogP contribution in [0.25, 0.3) is 11.3 Å². The molecule has 0 spiro atoms. The number of nitrogens with zero attached hydrogens (tertiary/aromatic N) is 4. The number of amides is 2. The quantitative estimate of drug-likeness (QED) is 0.426. The number of fused-ring (bicyclic) bond motifs is 3. The number of ether oxygens (including phenoxy) is 1. The van der Waals surface area contributed by atoms with Crippen molar-refractivity contribution in [2.45, 2.75) is 83.5 Å². The fourth-order valence-electron chi connectivity index (χ4n) is 7.85. The molecule has 244 valence electrons. The van der Waals surface area contributed by atoms with Crippen LogP contribution in [-0.2, 0) is 4.79 Å². The van der Waals surface area contributed by atoms with Crippen LogP contribution in [-0.4, -0.2) is 84.3 Å². The molecule has 2 N–H and O–H groups in total. The van der Waals surface area contributed by atoms with Gasteiger partial charge in [-0.05, 0) is 77.0 Å². The molecule has 7 rings (SSSR count). The van der Waals surface area contributed by atoms with Crippen molar-refractivity contribution in [2.75, 3.05) is 44.2 Å². The lowest BCUT2D eigenvalue weighted by Gasteiger charge is -2.54. The van der Waals surface area contributed by atoms with E-state index in [4.69, 9.17) is 9.72 Å². The van der Waals surface area contributed by atoms with Gasteiger partial charge in [-0.15, -0.1) is 0 Å². The summed E-state index contributed by atoms with van der Waals surface area (Å²) in [6, 6.07) is 5.47. The maximum atomic E-state index is 14.0. The highest BCUT2D eigenvalue weighted by molar-refractivity contribution is 5.99. The second-order valence-corrected chi connectivity index (χ2v) is 13.1. The van der Waals surface area contributed by atoms with E-state index >= 15 is 0 Å². The summed E-state index contributed by atoms with van der Waals surface area (Å²) in [5, 5.41) is 6.43. The Morgan fingerprint density at radius 3 is 2.49 bits per heavy atom. The zero-order valence-corrected chi connectivity index (χ0v) is 26.1. The van der Waals surface area contributed by atoms with Gasteiger partial charge in [0, 0.05) is 67.7 Å². The summed E-state index contributed by atoms with van der Waals surface area (Å²) in [7, 11) is 0. The van der Waals surface area contributed by atoms with E-state index in [-0.39, 0.29) is 43.2 Å². The standard InChI is InChI=1S/C33H43F3N6O3/c1-3-24-21-41(30(44)31-8-11-32(12-9-31,13-10-31)33(34,35)36)16-17-42(24)25-18-26(45-4-2)27(22-6-5-14-37-19-22)40-28(25)29(43)39-23-7-15-38-20-23/h5-6,14,18-19,23-24,38H,3-4,7-13,15-17,20-21H2,1-2H3,(H,39,43)/t23-,24-,31?,32?/m1/s1. The van der Waals surface area contributed by atoms with Gasteiger partial charge < -0.3 is 25.2 Å². The topological polar surface area (TPSA) is 99.7 Å². The van der Waals surface area contributed by atoms with Crippen LogP contribution in [0.1, 0.15) is 75.7 Å². The minimum absolute atomic E-state index is 0.00155. The van der Waals surface area contributed by atoms with Gasteiger partial charge in [-0.1, -0.05) is 6.92 Å². The Morgan fingerprint density at radius 1 is 1.13 bits per heavy atom. The number of carbonyl (C=O) groups is 2. The van der Waals surface area contributed by atoms with Crippen LogP contribution in [0.5, 0.6) is 5.75 Å². The molecule has 2 saturated heterocycles. The summed E-state index contributed by atoms with van der Waals surface area (Å²) in [6.07, 6.45) is 1.66. The molecule has 45 heavy (non-hydrogen) atoms. The number of anilines is 1. The van der Waals surface area contributed by atoms with Gasteiger partial charge >= 0.3 is 6.18 Å². The Hall–Kier alpha value is -3.41. The zero-order valence-electron chi connectivity index (χ0n) is 26.1. The van der Waals surface area contributed by atoms with Crippen LogP contribution < -0.4 is 20.3 Å². The number of nitrogens with one attached hydrogen (secondary N) is 2. The number of hydrogen-bond donors (Lipinski definition) is 2. The first kappa shape index (κ1) is 31.6. The predicted octanol–water partition coefficient (Wildman–Crippen LogP) is 4.96. The van der Waals surface area contributed by atoms with Crippen LogP contribution in [0.4, 0.5) is 18.9 Å². The third-order valence-corrected chi connectivity index (χ3v) is 10.7. The molecule has 12 heteroatoms. The highest BCUT2D eigenvalue weighted by atomic mass is 19.4. The maximum absolute atomic E-state index is 14.0. The number of piperazine rings is 1. The fourth-order valence-corrected chi connectivity index (χ4v) is 7.85. The Morgan fingerprint density at radius 2 is 1.89 bits per heavy atom. The van der Waals surface area contributed by atoms with E-state index in [0.29, 0.717) is 81.3 Å². The van der Waals surface area contributed by atoms with Crippen molar-refractivity contribution in [1.29, 1.82) is 0 Å². The largest absolute Gasteiger partial charge is 0.492 e. The first-order valence-corrected chi connectivity index (χ1v) is 16.3. The van der Waals surface area contributed by atoms with E-state index in [1.54, 1.807) is 12.4 Å². The molecule has 4 heterocycles. The molecule has 2 aliphatic heterocycles. The number of aromatic nitrogens is 2. The average molecular weight is 629 g/mol. The summed E-state index contributed by atoms with van der Waals surface area (Å²) in [6.45, 7) is 7.21. The van der Waals surface area contributed by atoms with E-state index < -0.39 is 17.0 Å². The van der Waals surface area contributed by atoms with Crippen molar-refractivity contribution >= 4 is 17.5 Å². The molecule has 5 aliphatic rings. The average Bonchev–Trinajstić information content (AvgIpc) is 3.58. The van der Waals surface area contributed by atoms with E-state index in [0.717, 1.165) is 18.5 Å². The molecule has 2 bridgehead atoms. The minimum Gasteiger partial charge on any atom is -0.492 e. The van der Waals surface area contributed by atoms with Crippen LogP contribution in [0.15, 0.2) is 30.6 Å². The van der Waals surface area contributed by atoms with Crippen molar-refractivity contribution in [3.8, 4) is 17.0 Å². The number of carbonyl (C=O) groups excluding carboxylic acids is 2. The summed E-state index contributed by atoms with van der Waals surface area (Å²) in [5.74, 6) is 0.268. The van der Waals surface area contributed by atoms with Crippen molar-refractivity contribution < 1.29 is 27.5 Å². The lowest BCUT2D eigenvalue weighted by molar-refractivity contribution is -0.259. The summed E-state index contributed by atoms with van der Waals surface area (Å²) >= 11 is 0. The Balaban J connectivity index is 1.28. The molecule has 0 unspecified atom stereocenters. The SMILES string of the molecule is CCOc1cc(N2CCN(C(=O)C34CCC(C(F)(F)F)(CC3)CC4)C[C@H]2CC)c(C(=O)N[C@@H]2CCNC2)nc1-c1cccnc1. The number of halogens is 3. The normalized spacial score (nSPS) is 28.3. The molecule has 3 saturated carbocycles. The highest BCUT2D eigenvalue weighted by Gasteiger charge is 2.63. The third-order valence-electron chi connectivity index (χ3n) is 10.7. The second-order valence-electron chi connectivity index (χ2n) is 13.1. The van der Waals surface area contributed by atoms with Crippen molar-refractivity contribution in [2.24, 2.45) is 10.8 Å². The minimum atomic E-state index is -4.22. The molecule has 2 amide bonds. The molecule has 2 atom stereocenters. The molecule has 2 aromatic heterocycles. The van der Waals surface area contributed by atoms with Crippen molar-refractivity contribution in [3.05, 3.63) is 36.3 Å². The van der Waals surface area contributed by atoms with Crippen LogP contribution >= 0.6 is 0 Å². The predicted molar refractivity (Wildman–Crippen MR) is 164 cm³/mol. The molecule has 2 aromatic rings. The van der Waals surface area contributed by atoms with Gasteiger partial charge in [0.1, 0.15) is 11.4 Å². The molecule has 0 radical (unpaired) electrons. The Kier molecular flexibility index (Phi) is 8.71. The van der Waals surface area contributed by atoms with Gasteiger partial charge in [0.15, 0.2) is 5.69 Å². The fraction of sp³-hybridized carbons (Fsp3) is 0.636. The molecule has 0 aromatic carbocycles. The Labute approximate surface area is 262 Å². The van der Waals surface area contributed by atoms with Crippen molar-refractivity contribution in [1.82, 2.24) is 25.5 Å². The van der Waals surface area contributed by atoms with E-state index in [9.17, 15) is 22.8 Å². The summed E-state index contributed by atoms with van der Waals surface area (Å²) in [5.41, 5.74) is -0.114. The third kappa shape index (κ3) is 5.86. The number of alkyl halides is 3. The molecule has 5 fully saturated rings. The molecule has 3 aliphatic carbocycles. The van der Waals surface area contributed by atoms with Crippen LogP contribution in [0, 0.1) is 10.8 Å². The number of rotatable bonds is 8. The van der Waals surface area contributed by atoms with Crippen molar-refractivity contribution in [3.63, 3.8) is 0 Å². The summed E-state index contributed by atoms with van der Waals surface area (Å²) < 4.78 is 47.6. The summed E-state index contributed by atoms with van der Waals surface area (Å²) in [4.78, 5) is 41.0. The lowest BCUT2D eigenvalue weighted by atomic mass is 9.53. The van der Waals surface area contributed by atoms with E-state index in [2.05, 4.69) is 20.5 Å². The van der Waals surface area contributed by atoms with Gasteiger partial charge in [-0.3, -0.25) is 14.6 Å².